The smallest absolute Gasteiger partial charge is 0.251 e. The second-order valence-corrected chi connectivity index (χ2v) is 6.39. The number of hydrogen-bond acceptors (Lipinski definition) is 6. The number of nitrogens with zero attached hydrogens (tertiary/aromatic N) is 2. The molecule has 2 rings (SSSR count). The fraction of sp³-hybridized carbons (Fsp3) is 0.474. The molecule has 0 spiro atoms. The lowest BCUT2D eigenvalue weighted by Gasteiger charge is -2.12. The maximum atomic E-state index is 12.3. The van der Waals surface area contributed by atoms with Crippen LogP contribution in [-0.2, 0) is 17.8 Å². The molecule has 9 nitrogen and oxygen atoms in total. The van der Waals surface area contributed by atoms with Crippen LogP contribution in [0.5, 0.6) is 11.5 Å². The first-order chi connectivity index (χ1) is 14.0. The molecule has 158 valence electrons. The summed E-state index contributed by atoms with van der Waals surface area (Å²) in [7, 11) is 0. The molecule has 0 atom stereocenters. The van der Waals surface area contributed by atoms with E-state index in [9.17, 15) is 9.59 Å². The van der Waals surface area contributed by atoms with Gasteiger partial charge in [-0.25, -0.2) is 0 Å². The third-order valence-electron chi connectivity index (χ3n) is 4.04. The number of carbonyl (C=O) groups is 2. The number of carbonyl (C=O) groups excluding carboxylic acids is 2. The standard InChI is InChI=1S/C19H27N5O4S/c1-4-24-16(22-23-19(24)29)9-10-20-17(25)12-21-18(26)13-7-8-14(27-5-2)15(11-13)28-6-3/h7-8,11H,4-6,9-10,12H2,1-3H3,(H,20,25)(H,21,26)(H,23,29). The van der Waals surface area contributed by atoms with Crippen LogP contribution >= 0.6 is 12.2 Å². The van der Waals surface area contributed by atoms with Crippen LogP contribution in [-0.4, -0.2) is 52.9 Å². The van der Waals surface area contributed by atoms with E-state index in [-0.39, 0.29) is 18.4 Å². The Labute approximate surface area is 174 Å². The van der Waals surface area contributed by atoms with Crippen molar-refractivity contribution in [2.24, 2.45) is 0 Å². The van der Waals surface area contributed by atoms with Gasteiger partial charge in [0.15, 0.2) is 16.3 Å². The first-order valence-electron chi connectivity index (χ1n) is 9.58. The number of benzene rings is 1. The van der Waals surface area contributed by atoms with Gasteiger partial charge in [0.1, 0.15) is 5.82 Å². The van der Waals surface area contributed by atoms with Gasteiger partial charge < -0.3 is 24.7 Å². The summed E-state index contributed by atoms with van der Waals surface area (Å²) in [5.74, 6) is 1.20. The van der Waals surface area contributed by atoms with Gasteiger partial charge in [-0.1, -0.05) is 0 Å². The number of rotatable bonds is 11. The minimum Gasteiger partial charge on any atom is -0.490 e. The summed E-state index contributed by atoms with van der Waals surface area (Å²) >= 11 is 5.13. The number of aromatic nitrogens is 3. The van der Waals surface area contributed by atoms with Gasteiger partial charge in [0, 0.05) is 25.1 Å². The highest BCUT2D eigenvalue weighted by Crippen LogP contribution is 2.28. The van der Waals surface area contributed by atoms with Crippen LogP contribution in [0.25, 0.3) is 0 Å². The summed E-state index contributed by atoms with van der Waals surface area (Å²) in [5, 5.41) is 12.2. The molecule has 2 amide bonds. The summed E-state index contributed by atoms with van der Waals surface area (Å²) in [6, 6.07) is 4.92. The van der Waals surface area contributed by atoms with Crippen molar-refractivity contribution < 1.29 is 19.1 Å². The van der Waals surface area contributed by atoms with E-state index >= 15 is 0 Å². The van der Waals surface area contributed by atoms with Crippen molar-refractivity contribution in [1.82, 2.24) is 25.4 Å². The van der Waals surface area contributed by atoms with Crippen molar-refractivity contribution in [1.29, 1.82) is 0 Å². The normalized spacial score (nSPS) is 10.4. The van der Waals surface area contributed by atoms with Crippen molar-refractivity contribution in [3.63, 3.8) is 0 Å². The van der Waals surface area contributed by atoms with Crippen molar-refractivity contribution in [2.45, 2.75) is 33.7 Å². The lowest BCUT2D eigenvalue weighted by molar-refractivity contribution is -0.120. The third-order valence-corrected chi connectivity index (χ3v) is 4.35. The van der Waals surface area contributed by atoms with Crippen molar-refractivity contribution in [3.05, 3.63) is 34.4 Å². The van der Waals surface area contributed by atoms with Gasteiger partial charge in [0.25, 0.3) is 5.91 Å². The Balaban J connectivity index is 1.84. The minimum atomic E-state index is -0.365. The summed E-state index contributed by atoms with van der Waals surface area (Å²) < 4.78 is 13.4. The summed E-state index contributed by atoms with van der Waals surface area (Å²) in [5.41, 5.74) is 0.392. The van der Waals surface area contributed by atoms with Gasteiger partial charge in [-0.3, -0.25) is 14.7 Å². The predicted octanol–water partition coefficient (Wildman–Crippen LogP) is 1.85. The SMILES string of the molecule is CCOc1ccc(C(=O)NCC(=O)NCCc2n[nH]c(=S)n2CC)cc1OCC. The van der Waals surface area contributed by atoms with Crippen molar-refractivity contribution in [3.8, 4) is 11.5 Å². The molecule has 0 fully saturated rings. The molecule has 0 radical (unpaired) electrons. The highest BCUT2D eigenvalue weighted by atomic mass is 32.1. The maximum Gasteiger partial charge on any atom is 0.251 e. The first kappa shape index (κ1) is 22.4. The predicted molar refractivity (Wildman–Crippen MR) is 111 cm³/mol. The van der Waals surface area contributed by atoms with E-state index in [4.69, 9.17) is 21.7 Å². The fourth-order valence-electron chi connectivity index (χ4n) is 2.70. The molecule has 0 aliphatic rings. The zero-order chi connectivity index (χ0) is 21.2. The molecule has 1 aromatic carbocycles. The molecule has 2 aromatic rings. The van der Waals surface area contributed by atoms with Gasteiger partial charge in [-0.2, -0.15) is 5.10 Å². The van der Waals surface area contributed by atoms with E-state index in [1.165, 1.54) is 0 Å². The Hall–Kier alpha value is -2.88. The molecule has 0 saturated carbocycles. The second-order valence-electron chi connectivity index (χ2n) is 6.00. The lowest BCUT2D eigenvalue weighted by Crippen LogP contribution is -2.37. The number of aromatic amines is 1. The van der Waals surface area contributed by atoms with E-state index in [1.54, 1.807) is 18.2 Å². The van der Waals surface area contributed by atoms with Gasteiger partial charge in [0.05, 0.1) is 19.8 Å². The molecule has 3 N–H and O–H groups in total. The summed E-state index contributed by atoms with van der Waals surface area (Å²) in [4.78, 5) is 24.4. The van der Waals surface area contributed by atoms with Crippen LogP contribution < -0.4 is 20.1 Å². The molecule has 1 heterocycles. The Morgan fingerprint density at radius 1 is 1.14 bits per heavy atom. The molecule has 0 aliphatic heterocycles. The minimum absolute atomic E-state index is 0.128. The Kier molecular flexibility index (Phi) is 8.66. The number of nitrogens with one attached hydrogen (secondary N) is 3. The molecular formula is C19H27N5O4S. The zero-order valence-electron chi connectivity index (χ0n) is 16.9. The number of amides is 2. The van der Waals surface area contributed by atoms with Crippen LogP contribution in [0.3, 0.4) is 0 Å². The third kappa shape index (κ3) is 6.31. The average molecular weight is 422 g/mol. The Bertz CT molecular complexity index is 893. The van der Waals surface area contributed by atoms with Gasteiger partial charge in [0.2, 0.25) is 5.91 Å². The lowest BCUT2D eigenvalue weighted by atomic mass is 10.2. The summed E-state index contributed by atoms with van der Waals surface area (Å²) in [6.07, 6.45) is 0.539. The molecule has 1 aromatic heterocycles. The number of hydrogen-bond donors (Lipinski definition) is 3. The monoisotopic (exact) mass is 421 g/mol. The van der Waals surface area contributed by atoms with Gasteiger partial charge in [-0.05, 0) is 51.2 Å². The molecule has 0 bridgehead atoms. The van der Waals surface area contributed by atoms with E-state index in [0.717, 1.165) is 5.82 Å². The number of ether oxygens (including phenoxy) is 2. The second kappa shape index (κ2) is 11.2. The Morgan fingerprint density at radius 2 is 1.86 bits per heavy atom. The highest BCUT2D eigenvalue weighted by molar-refractivity contribution is 7.71. The van der Waals surface area contributed by atoms with Crippen molar-refractivity contribution in [2.75, 3.05) is 26.3 Å². The quantitative estimate of drug-likeness (QED) is 0.478. The average Bonchev–Trinajstić information content (AvgIpc) is 3.07. The largest absolute Gasteiger partial charge is 0.490 e. The molecule has 29 heavy (non-hydrogen) atoms. The zero-order valence-corrected chi connectivity index (χ0v) is 17.7. The first-order valence-corrected chi connectivity index (χ1v) is 9.99. The highest BCUT2D eigenvalue weighted by Gasteiger charge is 2.13. The molecule has 0 aliphatic carbocycles. The van der Waals surface area contributed by atoms with Crippen molar-refractivity contribution >= 4 is 24.0 Å². The molecule has 0 saturated heterocycles. The maximum absolute atomic E-state index is 12.3. The van der Waals surface area contributed by atoms with Crippen LogP contribution in [0.15, 0.2) is 18.2 Å². The topological polar surface area (TPSA) is 110 Å². The Morgan fingerprint density at radius 3 is 2.55 bits per heavy atom. The molecule has 10 heteroatoms. The fourth-order valence-corrected chi connectivity index (χ4v) is 2.98. The summed E-state index contributed by atoms with van der Waals surface area (Å²) in [6.45, 7) is 7.63. The van der Waals surface area contributed by atoms with E-state index in [0.29, 0.717) is 54.6 Å². The van der Waals surface area contributed by atoms with E-state index < -0.39 is 0 Å². The van der Waals surface area contributed by atoms with Crippen LogP contribution in [0.4, 0.5) is 0 Å². The number of H-pyrrole nitrogens is 1. The van der Waals surface area contributed by atoms with Crippen LogP contribution in [0.2, 0.25) is 0 Å². The van der Waals surface area contributed by atoms with E-state index in [2.05, 4.69) is 20.8 Å². The van der Waals surface area contributed by atoms with E-state index in [1.807, 2.05) is 25.3 Å². The van der Waals surface area contributed by atoms with Crippen LogP contribution in [0.1, 0.15) is 37.0 Å². The van der Waals surface area contributed by atoms with Gasteiger partial charge >= 0.3 is 0 Å². The molecular weight excluding hydrogens is 394 g/mol. The van der Waals surface area contributed by atoms with Gasteiger partial charge in [-0.15, -0.1) is 0 Å². The molecule has 0 unspecified atom stereocenters. The van der Waals surface area contributed by atoms with Crippen LogP contribution in [0, 0.1) is 4.77 Å².